The van der Waals surface area contributed by atoms with E-state index in [1.165, 1.54) is 4.90 Å². The zero-order valence-corrected chi connectivity index (χ0v) is 20.5. The second-order valence-corrected chi connectivity index (χ2v) is 9.73. The van der Waals surface area contributed by atoms with E-state index in [0.717, 1.165) is 11.3 Å². The van der Waals surface area contributed by atoms with Gasteiger partial charge in [-0.05, 0) is 57.5 Å². The Bertz CT molecular complexity index is 1200. The van der Waals surface area contributed by atoms with Crippen LogP contribution in [-0.2, 0) is 20.8 Å². The molecule has 3 aliphatic carbocycles. The third-order valence-corrected chi connectivity index (χ3v) is 7.34. The standard InChI is InChI=1S/C25H31N3O7/c1-6-35-15-8-7-14(27(2)3)12-9-11-10-13-19(28(4)5)21(30)18(24(26)33)23(32)25(13,34)22(31)16(11)20(29)17(12)15/h7-8,11,13,19,29,32,34H,6,9-10H2,1-5H3,(H2,26,33). The second-order valence-electron chi connectivity index (χ2n) is 9.73. The first kappa shape index (κ1) is 24.7. The van der Waals surface area contributed by atoms with Gasteiger partial charge >= 0.3 is 0 Å². The lowest BCUT2D eigenvalue weighted by Crippen LogP contribution is -2.65. The summed E-state index contributed by atoms with van der Waals surface area (Å²) >= 11 is 0. The number of rotatable bonds is 5. The number of amides is 1. The molecule has 4 atom stereocenters. The highest BCUT2D eigenvalue weighted by molar-refractivity contribution is 6.24. The van der Waals surface area contributed by atoms with E-state index in [1.807, 2.05) is 25.1 Å². The molecule has 4 unspecified atom stereocenters. The minimum absolute atomic E-state index is 0.0599. The highest BCUT2D eigenvalue weighted by atomic mass is 16.5. The zero-order valence-electron chi connectivity index (χ0n) is 20.5. The van der Waals surface area contributed by atoms with Gasteiger partial charge in [0, 0.05) is 31.3 Å². The molecule has 10 heteroatoms. The van der Waals surface area contributed by atoms with E-state index in [0.29, 0.717) is 24.3 Å². The summed E-state index contributed by atoms with van der Waals surface area (Å²) in [4.78, 5) is 42.5. The number of hydrogen-bond acceptors (Lipinski definition) is 9. The van der Waals surface area contributed by atoms with Crippen molar-refractivity contribution in [2.75, 3.05) is 39.7 Å². The summed E-state index contributed by atoms with van der Waals surface area (Å²) < 4.78 is 5.73. The third-order valence-electron chi connectivity index (χ3n) is 7.34. The van der Waals surface area contributed by atoms with Crippen molar-refractivity contribution in [1.82, 2.24) is 4.90 Å². The fourth-order valence-corrected chi connectivity index (χ4v) is 5.91. The van der Waals surface area contributed by atoms with Crippen LogP contribution < -0.4 is 15.4 Å². The molecule has 1 saturated carbocycles. The van der Waals surface area contributed by atoms with Crippen LogP contribution in [0.15, 0.2) is 29.0 Å². The van der Waals surface area contributed by atoms with Gasteiger partial charge in [0.25, 0.3) is 5.91 Å². The topological polar surface area (TPSA) is 154 Å². The normalized spacial score (nSPS) is 28.0. The van der Waals surface area contributed by atoms with E-state index in [9.17, 15) is 29.7 Å². The molecule has 0 heterocycles. The summed E-state index contributed by atoms with van der Waals surface area (Å²) in [5.41, 5.74) is 3.89. The number of nitrogens with zero attached hydrogens (tertiary/aromatic N) is 2. The number of ether oxygens (including phenoxy) is 1. The van der Waals surface area contributed by atoms with E-state index >= 15 is 0 Å². The van der Waals surface area contributed by atoms with Crippen LogP contribution in [0.5, 0.6) is 5.75 Å². The average Bonchev–Trinajstić information content (AvgIpc) is 2.75. The predicted molar refractivity (Wildman–Crippen MR) is 128 cm³/mol. The molecule has 0 radical (unpaired) electrons. The number of nitrogens with two attached hydrogens (primary N) is 1. The van der Waals surface area contributed by atoms with Crippen LogP contribution in [0.25, 0.3) is 5.76 Å². The molecule has 4 rings (SSSR count). The van der Waals surface area contributed by atoms with Gasteiger partial charge in [0.2, 0.25) is 5.78 Å². The summed E-state index contributed by atoms with van der Waals surface area (Å²) in [6, 6.07) is 2.52. The average molecular weight is 486 g/mol. The number of Topliss-reactive ketones (excluding diaryl/α,β-unsaturated/α-hetero) is 2. The molecule has 0 aliphatic heterocycles. The molecule has 1 aromatic rings. The van der Waals surface area contributed by atoms with E-state index in [4.69, 9.17) is 10.5 Å². The van der Waals surface area contributed by atoms with Gasteiger partial charge in [0.15, 0.2) is 11.4 Å². The van der Waals surface area contributed by atoms with Crippen molar-refractivity contribution < 1.29 is 34.4 Å². The minimum atomic E-state index is -2.59. The molecule has 1 aromatic carbocycles. The molecular weight excluding hydrogens is 454 g/mol. The molecule has 1 amide bonds. The summed E-state index contributed by atoms with van der Waals surface area (Å²) in [5, 5.41) is 34.0. The molecule has 1 fully saturated rings. The molecular formula is C25H31N3O7. The molecule has 5 N–H and O–H groups in total. The maximum absolute atomic E-state index is 13.9. The Morgan fingerprint density at radius 2 is 1.86 bits per heavy atom. The highest BCUT2D eigenvalue weighted by Gasteiger charge is 2.64. The second kappa shape index (κ2) is 8.39. The molecule has 0 bridgehead atoms. The number of benzene rings is 1. The van der Waals surface area contributed by atoms with Crippen LogP contribution in [-0.4, -0.2) is 84.1 Å². The summed E-state index contributed by atoms with van der Waals surface area (Å²) in [5.74, 6) is -5.52. The number of anilines is 1. The van der Waals surface area contributed by atoms with E-state index < -0.39 is 52.3 Å². The van der Waals surface area contributed by atoms with Gasteiger partial charge < -0.3 is 30.7 Å². The molecule has 188 valence electrons. The van der Waals surface area contributed by atoms with Gasteiger partial charge in [-0.25, -0.2) is 0 Å². The quantitative estimate of drug-likeness (QED) is 0.442. The number of likely N-dealkylation sites (N-methyl/N-ethyl adjacent to an activating group) is 1. The van der Waals surface area contributed by atoms with E-state index in [1.54, 1.807) is 27.1 Å². The first-order valence-electron chi connectivity index (χ1n) is 11.5. The Morgan fingerprint density at radius 1 is 1.20 bits per heavy atom. The number of primary amides is 1. The Labute approximate surface area is 203 Å². The van der Waals surface area contributed by atoms with Crippen molar-refractivity contribution in [3.8, 4) is 5.75 Å². The van der Waals surface area contributed by atoms with E-state index in [2.05, 4.69) is 0 Å². The van der Waals surface area contributed by atoms with Gasteiger partial charge in [-0.2, -0.15) is 0 Å². The Balaban J connectivity index is 1.99. The number of hydrogen-bond donors (Lipinski definition) is 4. The van der Waals surface area contributed by atoms with Gasteiger partial charge in [0.1, 0.15) is 22.8 Å². The van der Waals surface area contributed by atoms with Crippen molar-refractivity contribution in [3.05, 3.63) is 40.2 Å². The fraction of sp³-hybridized carbons (Fsp3) is 0.480. The van der Waals surface area contributed by atoms with Gasteiger partial charge in [-0.3, -0.25) is 19.3 Å². The SMILES string of the molecule is CCOc1ccc(N(C)C)c2c1C(O)=C1C(=O)C3(O)C(O)=C(C(N)=O)C(=O)C(N(C)C)C3CC1C2. The zero-order chi connectivity index (χ0) is 26.0. The van der Waals surface area contributed by atoms with E-state index in [-0.39, 0.29) is 17.8 Å². The monoisotopic (exact) mass is 485 g/mol. The Kier molecular flexibility index (Phi) is 5.93. The van der Waals surface area contributed by atoms with Crippen LogP contribution in [0.3, 0.4) is 0 Å². The molecule has 0 aromatic heterocycles. The third kappa shape index (κ3) is 3.35. The number of carbonyl (C=O) groups excluding carboxylic acids is 3. The number of fused-ring (bicyclic) bond motifs is 3. The molecule has 10 nitrogen and oxygen atoms in total. The fourth-order valence-electron chi connectivity index (χ4n) is 5.91. The predicted octanol–water partition coefficient (Wildman–Crippen LogP) is 0.723. The van der Waals surface area contributed by atoms with Crippen molar-refractivity contribution in [1.29, 1.82) is 0 Å². The maximum Gasteiger partial charge on any atom is 0.255 e. The van der Waals surface area contributed by atoms with Crippen molar-refractivity contribution in [3.63, 3.8) is 0 Å². The number of aliphatic hydroxyl groups excluding tert-OH is 2. The molecule has 35 heavy (non-hydrogen) atoms. The molecule has 0 saturated heterocycles. The lowest BCUT2D eigenvalue weighted by molar-refractivity contribution is -0.153. The molecule has 3 aliphatic rings. The largest absolute Gasteiger partial charge is 0.508 e. The van der Waals surface area contributed by atoms with Crippen molar-refractivity contribution in [2.24, 2.45) is 17.6 Å². The lowest BCUT2D eigenvalue weighted by Gasteiger charge is -2.50. The minimum Gasteiger partial charge on any atom is -0.508 e. The first-order chi connectivity index (χ1) is 16.4. The Hall–Kier alpha value is -3.37. The smallest absolute Gasteiger partial charge is 0.255 e. The summed E-state index contributed by atoms with van der Waals surface area (Å²) in [6.45, 7) is 2.13. The highest BCUT2D eigenvalue weighted by Crippen LogP contribution is 2.53. The molecule has 0 spiro atoms. The summed E-state index contributed by atoms with van der Waals surface area (Å²) in [6.07, 6.45) is 0.459. The van der Waals surface area contributed by atoms with Crippen molar-refractivity contribution in [2.45, 2.75) is 31.4 Å². The lowest BCUT2D eigenvalue weighted by atomic mass is 9.57. The van der Waals surface area contributed by atoms with Gasteiger partial charge in [-0.15, -0.1) is 0 Å². The number of aliphatic hydroxyl groups is 3. The van der Waals surface area contributed by atoms with Crippen LogP contribution in [0.1, 0.15) is 24.5 Å². The Morgan fingerprint density at radius 3 is 2.40 bits per heavy atom. The summed E-state index contributed by atoms with van der Waals surface area (Å²) in [7, 11) is 6.91. The van der Waals surface area contributed by atoms with Crippen LogP contribution in [0.4, 0.5) is 5.69 Å². The van der Waals surface area contributed by atoms with Gasteiger partial charge in [0.05, 0.1) is 18.2 Å². The number of carbonyl (C=O) groups is 3. The van der Waals surface area contributed by atoms with Crippen molar-refractivity contribution >= 4 is 28.9 Å². The van der Waals surface area contributed by atoms with Crippen LogP contribution in [0.2, 0.25) is 0 Å². The number of ketones is 2. The maximum atomic E-state index is 13.9. The van der Waals surface area contributed by atoms with Crippen LogP contribution >= 0.6 is 0 Å². The first-order valence-corrected chi connectivity index (χ1v) is 11.5. The van der Waals surface area contributed by atoms with Crippen LogP contribution in [0, 0.1) is 11.8 Å². The van der Waals surface area contributed by atoms with Gasteiger partial charge in [-0.1, -0.05) is 0 Å².